The van der Waals surface area contributed by atoms with Gasteiger partial charge in [0.2, 0.25) is 0 Å². The lowest BCUT2D eigenvalue weighted by molar-refractivity contribution is 0.143. The molecule has 0 aliphatic heterocycles. The van der Waals surface area contributed by atoms with E-state index >= 15 is 0 Å². The molecule has 38 heavy (non-hydrogen) atoms. The van der Waals surface area contributed by atoms with E-state index in [0.29, 0.717) is 35.0 Å². The molecule has 6 nitrogen and oxygen atoms in total. The number of hydrogen-bond acceptors (Lipinski definition) is 5. The lowest BCUT2D eigenvalue weighted by atomic mass is 9.97. The number of fused-ring (bicyclic) bond motifs is 6. The average Bonchev–Trinajstić information content (AvgIpc) is 3.65. The molecule has 6 rings (SSSR count). The van der Waals surface area contributed by atoms with E-state index in [9.17, 15) is 15.6 Å². The number of aliphatic hydroxyl groups is 1. The number of rotatable bonds is 4. The normalized spacial score (nSPS) is 13.2. The van der Waals surface area contributed by atoms with Crippen molar-refractivity contribution in [3.63, 3.8) is 0 Å². The summed E-state index contributed by atoms with van der Waals surface area (Å²) >= 11 is 0. The Hall–Kier alpha value is -4.83. The van der Waals surface area contributed by atoms with Gasteiger partial charge in [0, 0.05) is 16.3 Å². The Morgan fingerprint density at radius 2 is 1.68 bits per heavy atom. The van der Waals surface area contributed by atoms with Crippen LogP contribution in [0.2, 0.25) is 0 Å². The van der Waals surface area contributed by atoms with Crippen LogP contribution in [-0.4, -0.2) is 27.3 Å². The fourth-order valence-corrected chi connectivity index (χ4v) is 4.70. The van der Waals surface area contributed by atoms with E-state index in [0.717, 1.165) is 43.9 Å². The summed E-state index contributed by atoms with van der Waals surface area (Å²) in [5, 5.41) is 33.4. The van der Waals surface area contributed by atoms with Gasteiger partial charge in [-0.1, -0.05) is 24.0 Å². The summed E-state index contributed by atoms with van der Waals surface area (Å²) in [5.74, 6) is 7.89. The molecule has 4 aromatic carbocycles. The van der Waals surface area contributed by atoms with E-state index in [2.05, 4.69) is 35.0 Å². The second kappa shape index (κ2) is 8.93. The van der Waals surface area contributed by atoms with Crippen LogP contribution in [0.1, 0.15) is 43.4 Å². The molecule has 1 fully saturated rings. The minimum Gasteiger partial charge on any atom is -0.493 e. The van der Waals surface area contributed by atoms with Crippen molar-refractivity contribution in [3.8, 4) is 41.1 Å². The minimum atomic E-state index is -1.10. The van der Waals surface area contributed by atoms with Gasteiger partial charge in [-0.05, 0) is 85.8 Å². The molecule has 1 aliphatic rings. The summed E-state index contributed by atoms with van der Waals surface area (Å²) in [5.41, 5.74) is 2.51. The van der Waals surface area contributed by atoms with Crippen LogP contribution in [0, 0.1) is 40.4 Å². The van der Waals surface area contributed by atoms with Gasteiger partial charge in [-0.3, -0.25) is 0 Å². The highest BCUT2D eigenvalue weighted by Gasteiger charge is 2.22. The molecule has 6 heteroatoms. The van der Waals surface area contributed by atoms with E-state index in [1.165, 1.54) is 12.8 Å². The number of nitriles is 2. The average molecular weight is 497 g/mol. The molecule has 0 radical (unpaired) electrons. The predicted molar refractivity (Wildman–Crippen MR) is 147 cm³/mol. The third kappa shape index (κ3) is 4.31. The quantitative estimate of drug-likeness (QED) is 0.228. The SMILES string of the molecule is CC(C)(O)C#Cc1ccc2c(c1)c1cc(OCC3CC3)ccc1c1[nH]c(-c3c(C#N)cccc3C#N)nc21. The third-order valence-corrected chi connectivity index (χ3v) is 6.77. The second-order valence-electron chi connectivity index (χ2n) is 10.3. The lowest BCUT2D eigenvalue weighted by Crippen LogP contribution is -2.14. The van der Waals surface area contributed by atoms with Gasteiger partial charge < -0.3 is 14.8 Å². The molecular weight excluding hydrogens is 472 g/mol. The number of aromatic nitrogens is 2. The van der Waals surface area contributed by atoms with Crippen molar-refractivity contribution in [2.75, 3.05) is 6.61 Å². The molecule has 2 N–H and O–H groups in total. The standard InChI is InChI=1S/C32H24N4O2/c1-32(2,37)13-12-19-8-10-24-26(14-19)27-15-23(38-18-20-6-7-20)9-11-25(27)30-29(24)35-31(36-30)28-21(16-33)4-3-5-22(28)17-34/h3-5,8-11,14-15,20,37H,6-7,18H2,1-2H3,(H,35,36). The molecule has 184 valence electrons. The van der Waals surface area contributed by atoms with Crippen LogP contribution in [-0.2, 0) is 0 Å². The largest absolute Gasteiger partial charge is 0.493 e. The first-order valence-corrected chi connectivity index (χ1v) is 12.6. The monoisotopic (exact) mass is 496 g/mol. The molecule has 0 spiro atoms. The van der Waals surface area contributed by atoms with Crippen LogP contribution < -0.4 is 4.74 Å². The van der Waals surface area contributed by atoms with Gasteiger partial charge in [0.25, 0.3) is 0 Å². The van der Waals surface area contributed by atoms with Crippen LogP contribution in [0.3, 0.4) is 0 Å². The topological polar surface area (TPSA) is 106 Å². The van der Waals surface area contributed by atoms with Crippen molar-refractivity contribution < 1.29 is 9.84 Å². The van der Waals surface area contributed by atoms with E-state index in [-0.39, 0.29) is 0 Å². The van der Waals surface area contributed by atoms with Crippen LogP contribution in [0.25, 0.3) is 44.0 Å². The highest BCUT2D eigenvalue weighted by atomic mass is 16.5. The van der Waals surface area contributed by atoms with Crippen LogP contribution in [0.15, 0.2) is 54.6 Å². The summed E-state index contributed by atoms with van der Waals surface area (Å²) in [6, 6.07) is 21.4. The molecular formula is C32H24N4O2. The highest BCUT2D eigenvalue weighted by molar-refractivity contribution is 6.24. The van der Waals surface area contributed by atoms with Crippen LogP contribution >= 0.6 is 0 Å². The van der Waals surface area contributed by atoms with Crippen molar-refractivity contribution in [2.45, 2.75) is 32.3 Å². The number of aromatic amines is 1. The summed E-state index contributed by atoms with van der Waals surface area (Å²) in [6.07, 6.45) is 2.43. The first kappa shape index (κ1) is 23.6. The fourth-order valence-electron chi connectivity index (χ4n) is 4.70. The maximum absolute atomic E-state index is 10.1. The predicted octanol–water partition coefficient (Wildman–Crippen LogP) is 6.19. The number of H-pyrrole nitrogens is 1. The first-order chi connectivity index (χ1) is 18.3. The number of benzene rings is 4. The molecule has 0 amide bonds. The zero-order valence-corrected chi connectivity index (χ0v) is 21.1. The molecule has 5 aromatic rings. The molecule has 0 atom stereocenters. The number of hydrogen-bond donors (Lipinski definition) is 2. The maximum atomic E-state index is 10.1. The number of nitrogens with zero attached hydrogens (tertiary/aromatic N) is 3. The fraction of sp³-hybridized carbons (Fsp3) is 0.219. The Morgan fingerprint density at radius 3 is 2.37 bits per heavy atom. The molecule has 1 saturated carbocycles. The molecule has 0 saturated heterocycles. The van der Waals surface area contributed by atoms with E-state index in [4.69, 9.17) is 9.72 Å². The van der Waals surface area contributed by atoms with Gasteiger partial charge in [0.1, 0.15) is 17.2 Å². The smallest absolute Gasteiger partial charge is 0.141 e. The van der Waals surface area contributed by atoms with Crippen molar-refractivity contribution in [1.29, 1.82) is 10.5 Å². The van der Waals surface area contributed by atoms with Crippen molar-refractivity contribution in [3.05, 3.63) is 71.3 Å². The van der Waals surface area contributed by atoms with E-state index < -0.39 is 5.60 Å². The number of imidazole rings is 1. The highest BCUT2D eigenvalue weighted by Crippen LogP contribution is 2.39. The summed E-state index contributed by atoms with van der Waals surface area (Å²) in [6.45, 7) is 4.02. The van der Waals surface area contributed by atoms with Gasteiger partial charge >= 0.3 is 0 Å². The summed E-state index contributed by atoms with van der Waals surface area (Å²) in [4.78, 5) is 8.34. The van der Waals surface area contributed by atoms with E-state index in [1.807, 2.05) is 30.3 Å². The van der Waals surface area contributed by atoms with Crippen molar-refractivity contribution >= 4 is 32.6 Å². The molecule has 1 aliphatic carbocycles. The van der Waals surface area contributed by atoms with Gasteiger partial charge in [0.15, 0.2) is 0 Å². The minimum absolute atomic E-state index is 0.386. The Bertz CT molecular complexity index is 1870. The van der Waals surface area contributed by atoms with E-state index in [1.54, 1.807) is 32.0 Å². The van der Waals surface area contributed by atoms with Crippen LogP contribution in [0.5, 0.6) is 5.75 Å². The number of ether oxygens (including phenoxy) is 1. The molecule has 0 bridgehead atoms. The Morgan fingerprint density at radius 1 is 0.974 bits per heavy atom. The first-order valence-electron chi connectivity index (χ1n) is 12.6. The third-order valence-electron chi connectivity index (χ3n) is 6.77. The zero-order valence-electron chi connectivity index (χ0n) is 21.1. The second-order valence-corrected chi connectivity index (χ2v) is 10.3. The van der Waals surface area contributed by atoms with Gasteiger partial charge in [-0.25, -0.2) is 4.98 Å². The van der Waals surface area contributed by atoms with Crippen LogP contribution in [0.4, 0.5) is 0 Å². The zero-order chi connectivity index (χ0) is 26.4. The van der Waals surface area contributed by atoms with Gasteiger partial charge in [0.05, 0.1) is 46.5 Å². The summed E-state index contributed by atoms with van der Waals surface area (Å²) in [7, 11) is 0. The van der Waals surface area contributed by atoms with Gasteiger partial charge in [-0.2, -0.15) is 10.5 Å². The Kier molecular flexibility index (Phi) is 5.54. The van der Waals surface area contributed by atoms with Crippen molar-refractivity contribution in [1.82, 2.24) is 9.97 Å². The number of nitrogens with one attached hydrogen (secondary N) is 1. The maximum Gasteiger partial charge on any atom is 0.141 e. The molecule has 0 unspecified atom stereocenters. The molecule has 1 aromatic heterocycles. The Labute approximate surface area is 220 Å². The van der Waals surface area contributed by atoms with Gasteiger partial charge in [-0.15, -0.1) is 0 Å². The Balaban J connectivity index is 1.63. The lowest BCUT2D eigenvalue weighted by Gasteiger charge is -2.10. The summed E-state index contributed by atoms with van der Waals surface area (Å²) < 4.78 is 6.10. The van der Waals surface area contributed by atoms with Crippen molar-refractivity contribution in [2.24, 2.45) is 5.92 Å². The molecule has 1 heterocycles.